The topological polar surface area (TPSA) is 66.8 Å². The fraction of sp³-hybridized carbons (Fsp3) is 0.333. The Balaban J connectivity index is 1.72. The number of hydrogen-bond acceptors (Lipinski definition) is 4. The van der Waals surface area contributed by atoms with Crippen LogP contribution in [0.15, 0.2) is 63.9 Å². The minimum Gasteiger partial charge on any atom is -0.286 e. The van der Waals surface area contributed by atoms with Gasteiger partial charge in [0.1, 0.15) is 5.25 Å². The summed E-state index contributed by atoms with van der Waals surface area (Å²) in [5.74, 6) is -0.0850. The van der Waals surface area contributed by atoms with Crippen molar-refractivity contribution in [3.05, 3.63) is 65.2 Å². The summed E-state index contributed by atoms with van der Waals surface area (Å²) in [5, 5.41) is 0.248. The molecule has 1 aliphatic carbocycles. The number of benzene rings is 2. The monoisotopic (exact) mass is 448 g/mol. The molecule has 0 spiro atoms. The highest BCUT2D eigenvalue weighted by Crippen LogP contribution is 2.43. The van der Waals surface area contributed by atoms with E-state index in [-0.39, 0.29) is 22.0 Å². The minimum absolute atomic E-state index is 0.00312. The third-order valence-electron chi connectivity index (χ3n) is 5.24. The summed E-state index contributed by atoms with van der Waals surface area (Å²) in [5.41, 5.74) is 0.859. The molecule has 1 saturated carbocycles. The molecule has 2 aromatic carbocycles. The van der Waals surface area contributed by atoms with Crippen LogP contribution in [0, 0.1) is 0 Å². The number of thioether (sulfide) groups is 1. The summed E-state index contributed by atoms with van der Waals surface area (Å²) in [6, 6.07) is 15.4. The van der Waals surface area contributed by atoms with Gasteiger partial charge in [0, 0.05) is 11.1 Å². The lowest BCUT2D eigenvalue weighted by molar-refractivity contribution is -0.128. The highest BCUT2D eigenvalue weighted by Gasteiger charge is 2.43. The summed E-state index contributed by atoms with van der Waals surface area (Å²) in [6.07, 6.45) is 4.95. The Morgan fingerprint density at radius 3 is 2.28 bits per heavy atom. The van der Waals surface area contributed by atoms with Crippen LogP contribution in [0.5, 0.6) is 0 Å². The van der Waals surface area contributed by atoms with E-state index in [0.717, 1.165) is 37.7 Å². The minimum atomic E-state index is -3.95. The number of rotatable bonds is 4. The second kappa shape index (κ2) is 8.50. The molecule has 0 N–H and O–H groups in total. The van der Waals surface area contributed by atoms with Crippen molar-refractivity contribution in [2.45, 2.75) is 48.3 Å². The van der Waals surface area contributed by atoms with Crippen LogP contribution in [0.1, 0.15) is 42.9 Å². The predicted octanol–water partition coefficient (Wildman–Crippen LogP) is 5.03. The Bertz CT molecular complexity index is 1020. The molecule has 4 rings (SSSR count). The molecule has 29 heavy (non-hydrogen) atoms. The maximum Gasteiger partial charge on any atom is 0.284 e. The summed E-state index contributed by atoms with van der Waals surface area (Å²) >= 11 is 7.09. The van der Waals surface area contributed by atoms with Gasteiger partial charge in [-0.3, -0.25) is 9.69 Å². The smallest absolute Gasteiger partial charge is 0.284 e. The number of amides is 1. The second-order valence-corrected chi connectivity index (χ2v) is 10.3. The van der Waals surface area contributed by atoms with Crippen molar-refractivity contribution in [1.29, 1.82) is 0 Å². The van der Waals surface area contributed by atoms with Gasteiger partial charge in [0.15, 0.2) is 5.17 Å². The second-order valence-electron chi connectivity index (χ2n) is 7.21. The van der Waals surface area contributed by atoms with E-state index < -0.39 is 15.3 Å². The first-order valence-electron chi connectivity index (χ1n) is 9.61. The van der Waals surface area contributed by atoms with E-state index >= 15 is 0 Å². The van der Waals surface area contributed by atoms with Gasteiger partial charge < -0.3 is 0 Å². The highest BCUT2D eigenvalue weighted by atomic mass is 35.5. The maximum absolute atomic E-state index is 13.3. The Morgan fingerprint density at radius 1 is 0.966 bits per heavy atom. The van der Waals surface area contributed by atoms with Crippen molar-refractivity contribution in [2.75, 3.05) is 0 Å². The first-order valence-corrected chi connectivity index (χ1v) is 12.3. The van der Waals surface area contributed by atoms with Gasteiger partial charge in [-0.25, -0.2) is 0 Å². The lowest BCUT2D eigenvalue weighted by Gasteiger charge is -2.30. The molecule has 152 valence electrons. The van der Waals surface area contributed by atoms with Crippen molar-refractivity contribution in [1.82, 2.24) is 4.90 Å². The normalized spacial score (nSPS) is 22.4. The van der Waals surface area contributed by atoms with Crippen LogP contribution in [-0.4, -0.2) is 30.4 Å². The van der Waals surface area contributed by atoms with Crippen LogP contribution in [0.25, 0.3) is 0 Å². The molecule has 2 fully saturated rings. The lowest BCUT2D eigenvalue weighted by atomic mass is 9.94. The van der Waals surface area contributed by atoms with E-state index in [2.05, 4.69) is 4.40 Å². The van der Waals surface area contributed by atoms with Crippen LogP contribution >= 0.6 is 23.4 Å². The SMILES string of the molecule is O=C1C(c2ccccc2)SC(=NS(=O)(=O)c2ccc(Cl)cc2)N1C1CCCCC1. The van der Waals surface area contributed by atoms with Crippen LogP contribution in [-0.2, 0) is 14.8 Å². The maximum atomic E-state index is 13.3. The fourth-order valence-electron chi connectivity index (χ4n) is 3.77. The summed E-state index contributed by atoms with van der Waals surface area (Å²) in [7, 11) is -3.95. The van der Waals surface area contributed by atoms with Crippen LogP contribution in [0.2, 0.25) is 5.02 Å². The molecule has 0 bridgehead atoms. The van der Waals surface area contributed by atoms with E-state index in [1.807, 2.05) is 30.3 Å². The molecule has 5 nitrogen and oxygen atoms in total. The van der Waals surface area contributed by atoms with E-state index in [9.17, 15) is 13.2 Å². The molecule has 0 aromatic heterocycles. The van der Waals surface area contributed by atoms with Gasteiger partial charge in [-0.2, -0.15) is 8.42 Å². The molecule has 1 aliphatic heterocycles. The van der Waals surface area contributed by atoms with Gasteiger partial charge in [0.2, 0.25) is 5.91 Å². The molecular weight excluding hydrogens is 428 g/mol. The number of sulfonamides is 1. The average Bonchev–Trinajstić information content (AvgIpc) is 3.05. The molecule has 8 heteroatoms. The van der Waals surface area contributed by atoms with Crippen LogP contribution < -0.4 is 0 Å². The van der Waals surface area contributed by atoms with Crippen molar-refractivity contribution in [3.8, 4) is 0 Å². The summed E-state index contributed by atoms with van der Waals surface area (Å²) in [4.78, 5) is 15.0. The van der Waals surface area contributed by atoms with Gasteiger partial charge in [-0.05, 0) is 42.7 Å². The molecular formula is C21H21ClN2O3S2. The number of amidine groups is 1. The number of hydrogen-bond donors (Lipinski definition) is 0. The molecule has 1 saturated heterocycles. The Kier molecular flexibility index (Phi) is 5.99. The lowest BCUT2D eigenvalue weighted by Crippen LogP contribution is -2.41. The third kappa shape index (κ3) is 4.37. The predicted molar refractivity (Wildman–Crippen MR) is 117 cm³/mol. The summed E-state index contributed by atoms with van der Waals surface area (Å²) < 4.78 is 29.9. The van der Waals surface area contributed by atoms with Crippen molar-refractivity contribution in [2.24, 2.45) is 4.40 Å². The van der Waals surface area contributed by atoms with Crippen LogP contribution in [0.3, 0.4) is 0 Å². The van der Waals surface area contributed by atoms with Gasteiger partial charge in [0.05, 0.1) is 4.90 Å². The largest absolute Gasteiger partial charge is 0.286 e. The fourth-order valence-corrected chi connectivity index (χ4v) is 6.32. The average molecular weight is 449 g/mol. The molecule has 0 radical (unpaired) electrons. The molecule has 2 aliphatic rings. The Labute approximate surface area is 180 Å². The van der Waals surface area contributed by atoms with Crippen LogP contribution in [0.4, 0.5) is 0 Å². The quantitative estimate of drug-likeness (QED) is 0.657. The number of nitrogens with zero attached hydrogens (tertiary/aromatic N) is 2. The van der Waals surface area contributed by atoms with Gasteiger partial charge >= 0.3 is 0 Å². The van der Waals surface area contributed by atoms with Gasteiger partial charge in [0.25, 0.3) is 10.0 Å². The summed E-state index contributed by atoms with van der Waals surface area (Å²) in [6.45, 7) is 0. The molecule has 1 unspecified atom stereocenters. The molecule has 1 heterocycles. The van der Waals surface area contributed by atoms with Gasteiger partial charge in [-0.1, -0.05) is 73.0 Å². The van der Waals surface area contributed by atoms with E-state index in [0.29, 0.717) is 5.02 Å². The Hall–Kier alpha value is -1.83. The van der Waals surface area contributed by atoms with Crippen molar-refractivity contribution >= 4 is 44.5 Å². The van der Waals surface area contributed by atoms with E-state index in [4.69, 9.17) is 11.6 Å². The van der Waals surface area contributed by atoms with E-state index in [1.165, 1.54) is 36.0 Å². The first-order chi connectivity index (χ1) is 14.0. The number of carbonyl (C=O) groups is 1. The molecule has 2 aromatic rings. The number of halogens is 1. The highest BCUT2D eigenvalue weighted by molar-refractivity contribution is 8.15. The third-order valence-corrected chi connectivity index (χ3v) is 8.10. The zero-order valence-corrected chi connectivity index (χ0v) is 18.1. The molecule has 1 amide bonds. The zero-order chi connectivity index (χ0) is 20.4. The van der Waals surface area contributed by atoms with Gasteiger partial charge in [-0.15, -0.1) is 4.40 Å². The number of carbonyl (C=O) groups excluding carboxylic acids is 1. The standard InChI is InChI=1S/C21H21ClN2O3S2/c22-16-11-13-18(14-12-16)29(26,27)23-21-24(17-9-5-2-6-10-17)20(25)19(28-21)15-7-3-1-4-8-15/h1,3-4,7-8,11-14,17,19H,2,5-6,9-10H2. The first kappa shape index (κ1) is 20.4. The zero-order valence-electron chi connectivity index (χ0n) is 15.7. The van der Waals surface area contributed by atoms with Crippen molar-refractivity contribution < 1.29 is 13.2 Å². The van der Waals surface area contributed by atoms with Crippen molar-refractivity contribution in [3.63, 3.8) is 0 Å². The Morgan fingerprint density at radius 2 is 1.62 bits per heavy atom. The molecule has 1 atom stereocenters. The van der Waals surface area contributed by atoms with E-state index in [1.54, 1.807) is 4.90 Å².